The van der Waals surface area contributed by atoms with E-state index < -0.39 is 0 Å². The van der Waals surface area contributed by atoms with Crippen molar-refractivity contribution in [3.63, 3.8) is 0 Å². The number of para-hydroxylation sites is 1. The van der Waals surface area contributed by atoms with E-state index in [0.717, 1.165) is 16.8 Å². The molecule has 3 rings (SSSR count). The highest BCUT2D eigenvalue weighted by atomic mass is 32.2. The molecule has 0 spiro atoms. The topological polar surface area (TPSA) is 68.0 Å². The van der Waals surface area contributed by atoms with Crippen LogP contribution in [0.1, 0.15) is 22.6 Å². The van der Waals surface area contributed by atoms with Crippen LogP contribution in [0.5, 0.6) is 0 Å². The standard InChI is InChI=1S/C20H20FN3O2S/c1-12-7-8-15(9-16(12)21)20-23-18(26-24-20)11-27-10-17(25)22-19-13(2)5-4-6-14(19)3/h4-9H,10-11H2,1-3H3,(H,22,25). The van der Waals surface area contributed by atoms with Crippen molar-refractivity contribution >= 4 is 23.4 Å². The molecular weight excluding hydrogens is 365 g/mol. The number of hydrogen-bond acceptors (Lipinski definition) is 5. The van der Waals surface area contributed by atoms with Gasteiger partial charge in [0.1, 0.15) is 5.82 Å². The number of amides is 1. The van der Waals surface area contributed by atoms with Gasteiger partial charge in [-0.1, -0.05) is 35.5 Å². The van der Waals surface area contributed by atoms with Crippen LogP contribution in [-0.4, -0.2) is 21.8 Å². The normalized spacial score (nSPS) is 10.8. The summed E-state index contributed by atoms with van der Waals surface area (Å²) in [6.07, 6.45) is 0. The Kier molecular flexibility index (Phi) is 5.91. The Balaban J connectivity index is 1.54. The van der Waals surface area contributed by atoms with Crippen molar-refractivity contribution in [3.8, 4) is 11.4 Å². The molecule has 0 aliphatic carbocycles. The highest BCUT2D eigenvalue weighted by molar-refractivity contribution is 7.99. The van der Waals surface area contributed by atoms with Gasteiger partial charge in [-0.05, 0) is 43.5 Å². The summed E-state index contributed by atoms with van der Waals surface area (Å²) >= 11 is 1.38. The fourth-order valence-electron chi connectivity index (χ4n) is 2.58. The van der Waals surface area contributed by atoms with Crippen LogP contribution < -0.4 is 5.32 Å². The Labute approximate surface area is 161 Å². The van der Waals surface area contributed by atoms with Crippen molar-refractivity contribution < 1.29 is 13.7 Å². The first-order valence-corrected chi connectivity index (χ1v) is 9.62. The number of benzene rings is 2. The lowest BCUT2D eigenvalue weighted by atomic mass is 10.1. The van der Waals surface area contributed by atoms with Gasteiger partial charge >= 0.3 is 0 Å². The average molecular weight is 385 g/mol. The van der Waals surface area contributed by atoms with E-state index in [9.17, 15) is 9.18 Å². The first-order chi connectivity index (χ1) is 12.9. The van der Waals surface area contributed by atoms with Crippen molar-refractivity contribution in [1.29, 1.82) is 0 Å². The molecule has 3 aromatic rings. The molecule has 0 aliphatic rings. The zero-order valence-corrected chi connectivity index (χ0v) is 16.2. The molecule has 7 heteroatoms. The number of carbonyl (C=O) groups excluding carboxylic acids is 1. The second-order valence-electron chi connectivity index (χ2n) is 6.28. The van der Waals surface area contributed by atoms with Crippen molar-refractivity contribution in [2.24, 2.45) is 0 Å². The predicted molar refractivity (Wildman–Crippen MR) is 105 cm³/mol. The second-order valence-corrected chi connectivity index (χ2v) is 7.27. The third-order valence-corrected chi connectivity index (χ3v) is 5.02. The summed E-state index contributed by atoms with van der Waals surface area (Å²) in [6, 6.07) is 10.7. The lowest BCUT2D eigenvalue weighted by molar-refractivity contribution is -0.113. The Morgan fingerprint density at radius 2 is 1.89 bits per heavy atom. The summed E-state index contributed by atoms with van der Waals surface area (Å²) in [5.41, 5.74) is 4.03. The first-order valence-electron chi connectivity index (χ1n) is 8.47. The van der Waals surface area contributed by atoms with Crippen LogP contribution in [0.3, 0.4) is 0 Å². The van der Waals surface area contributed by atoms with Crippen molar-refractivity contribution in [3.05, 3.63) is 64.8 Å². The first kappa shape index (κ1) is 19.1. The average Bonchev–Trinajstić information content (AvgIpc) is 3.09. The number of thioether (sulfide) groups is 1. The Morgan fingerprint density at radius 3 is 2.59 bits per heavy atom. The van der Waals surface area contributed by atoms with Gasteiger partial charge in [0.05, 0.1) is 11.5 Å². The molecule has 1 N–H and O–H groups in total. The maximum absolute atomic E-state index is 13.7. The van der Waals surface area contributed by atoms with Gasteiger partial charge in [-0.2, -0.15) is 4.98 Å². The van der Waals surface area contributed by atoms with Gasteiger partial charge in [-0.3, -0.25) is 4.79 Å². The zero-order valence-electron chi connectivity index (χ0n) is 15.4. The lowest BCUT2D eigenvalue weighted by Gasteiger charge is -2.10. The van der Waals surface area contributed by atoms with E-state index in [-0.39, 0.29) is 17.5 Å². The molecular formula is C20H20FN3O2S. The van der Waals surface area contributed by atoms with E-state index in [0.29, 0.717) is 28.6 Å². The summed E-state index contributed by atoms with van der Waals surface area (Å²) in [5, 5.41) is 6.82. The second kappa shape index (κ2) is 8.35. The maximum Gasteiger partial charge on any atom is 0.236 e. The SMILES string of the molecule is Cc1ccc(-c2noc(CSCC(=O)Nc3c(C)cccc3C)n2)cc1F. The van der Waals surface area contributed by atoms with Gasteiger partial charge < -0.3 is 9.84 Å². The number of halogens is 1. The van der Waals surface area contributed by atoms with E-state index >= 15 is 0 Å². The molecule has 0 atom stereocenters. The number of anilines is 1. The van der Waals surface area contributed by atoms with E-state index in [1.54, 1.807) is 19.1 Å². The number of nitrogens with one attached hydrogen (secondary N) is 1. The molecule has 140 valence electrons. The fraction of sp³-hybridized carbons (Fsp3) is 0.250. The Morgan fingerprint density at radius 1 is 1.15 bits per heavy atom. The number of hydrogen-bond donors (Lipinski definition) is 1. The van der Waals surface area contributed by atoms with Crippen LogP contribution >= 0.6 is 11.8 Å². The van der Waals surface area contributed by atoms with Gasteiger partial charge in [0.2, 0.25) is 17.6 Å². The molecule has 0 unspecified atom stereocenters. The molecule has 0 saturated carbocycles. The quantitative estimate of drug-likeness (QED) is 0.668. The predicted octanol–water partition coefficient (Wildman–Crippen LogP) is 4.67. The monoisotopic (exact) mass is 385 g/mol. The molecule has 2 aromatic carbocycles. The summed E-state index contributed by atoms with van der Waals surface area (Å²) in [6.45, 7) is 5.62. The molecule has 0 aliphatic heterocycles. The molecule has 1 aromatic heterocycles. The van der Waals surface area contributed by atoms with E-state index in [2.05, 4.69) is 15.5 Å². The van der Waals surface area contributed by atoms with Crippen LogP contribution in [0.25, 0.3) is 11.4 Å². The van der Waals surface area contributed by atoms with E-state index in [1.807, 2.05) is 32.0 Å². The number of aryl methyl sites for hydroxylation is 3. The molecule has 1 heterocycles. The number of carbonyl (C=O) groups is 1. The van der Waals surface area contributed by atoms with Crippen molar-refractivity contribution in [2.45, 2.75) is 26.5 Å². The summed E-state index contributed by atoms with van der Waals surface area (Å²) < 4.78 is 18.9. The molecule has 0 fully saturated rings. The molecule has 0 saturated heterocycles. The maximum atomic E-state index is 13.7. The molecule has 27 heavy (non-hydrogen) atoms. The van der Waals surface area contributed by atoms with E-state index in [4.69, 9.17) is 4.52 Å². The minimum atomic E-state index is -0.309. The molecule has 0 radical (unpaired) electrons. The molecule has 5 nitrogen and oxygen atoms in total. The summed E-state index contributed by atoms with van der Waals surface area (Å²) in [7, 11) is 0. The number of aromatic nitrogens is 2. The Bertz CT molecular complexity index is 951. The minimum Gasteiger partial charge on any atom is -0.338 e. The third kappa shape index (κ3) is 4.74. The van der Waals surface area contributed by atoms with Crippen LogP contribution in [-0.2, 0) is 10.5 Å². The van der Waals surface area contributed by atoms with Crippen LogP contribution in [0.15, 0.2) is 40.9 Å². The highest BCUT2D eigenvalue weighted by Crippen LogP contribution is 2.22. The number of nitrogens with zero attached hydrogens (tertiary/aromatic N) is 2. The van der Waals surface area contributed by atoms with Crippen molar-refractivity contribution in [1.82, 2.24) is 10.1 Å². The van der Waals surface area contributed by atoms with Gasteiger partial charge in [0.15, 0.2) is 0 Å². The van der Waals surface area contributed by atoms with Crippen LogP contribution in [0.2, 0.25) is 0 Å². The van der Waals surface area contributed by atoms with Gasteiger partial charge in [-0.25, -0.2) is 4.39 Å². The zero-order chi connectivity index (χ0) is 19.4. The summed E-state index contributed by atoms with van der Waals surface area (Å²) in [5.74, 6) is 1.01. The van der Waals surface area contributed by atoms with Crippen LogP contribution in [0, 0.1) is 26.6 Å². The number of rotatable bonds is 6. The highest BCUT2D eigenvalue weighted by Gasteiger charge is 2.12. The van der Waals surface area contributed by atoms with E-state index in [1.165, 1.54) is 17.8 Å². The molecule has 1 amide bonds. The minimum absolute atomic E-state index is 0.0854. The smallest absolute Gasteiger partial charge is 0.236 e. The van der Waals surface area contributed by atoms with Gasteiger partial charge in [0, 0.05) is 11.3 Å². The largest absolute Gasteiger partial charge is 0.338 e. The Hall–Kier alpha value is -2.67. The summed E-state index contributed by atoms with van der Waals surface area (Å²) in [4.78, 5) is 16.4. The van der Waals surface area contributed by atoms with Crippen LogP contribution in [0.4, 0.5) is 10.1 Å². The molecule has 0 bridgehead atoms. The van der Waals surface area contributed by atoms with Gasteiger partial charge in [-0.15, -0.1) is 11.8 Å². The fourth-order valence-corrected chi connectivity index (χ4v) is 3.23. The third-order valence-electron chi connectivity index (χ3n) is 4.10. The lowest BCUT2D eigenvalue weighted by Crippen LogP contribution is -2.15. The van der Waals surface area contributed by atoms with Crippen molar-refractivity contribution in [2.75, 3.05) is 11.1 Å². The van der Waals surface area contributed by atoms with Gasteiger partial charge in [0.25, 0.3) is 0 Å².